The largest absolute Gasteiger partial charge is 0.268 e. The van der Waals surface area contributed by atoms with Crippen LogP contribution >= 0.6 is 11.3 Å². The molecule has 0 unspecified atom stereocenters. The van der Waals surface area contributed by atoms with Crippen molar-refractivity contribution in [3.05, 3.63) is 59.6 Å². The molecule has 0 atom stereocenters. The van der Waals surface area contributed by atoms with Crippen molar-refractivity contribution in [2.24, 2.45) is 0 Å². The Morgan fingerprint density at radius 1 is 1.15 bits per heavy atom. The van der Waals surface area contributed by atoms with Crippen LogP contribution in [-0.2, 0) is 16.6 Å². The van der Waals surface area contributed by atoms with E-state index < -0.39 is 10.0 Å². The Kier molecular flexibility index (Phi) is 5.60. The molecule has 0 aliphatic rings. The predicted octanol–water partition coefficient (Wildman–Crippen LogP) is 4.40. The molecule has 0 bridgehead atoms. The van der Waals surface area contributed by atoms with Gasteiger partial charge in [-0.2, -0.15) is 9.40 Å². The van der Waals surface area contributed by atoms with Gasteiger partial charge in [-0.25, -0.2) is 8.42 Å². The number of rotatable bonds is 7. The SMILES string of the molecule is CCN(Cc1ccccc1)S(=O)(=O)c1cn(C(C)C)nc1-c1cccs1. The van der Waals surface area contributed by atoms with Crippen molar-refractivity contribution in [3.63, 3.8) is 0 Å². The van der Waals surface area contributed by atoms with Crippen molar-refractivity contribution in [1.29, 1.82) is 0 Å². The van der Waals surface area contributed by atoms with E-state index in [1.165, 1.54) is 15.6 Å². The molecule has 0 saturated heterocycles. The van der Waals surface area contributed by atoms with Gasteiger partial charge in [0.1, 0.15) is 10.6 Å². The fraction of sp³-hybridized carbons (Fsp3) is 0.316. The minimum Gasteiger partial charge on any atom is -0.268 e. The highest BCUT2D eigenvalue weighted by atomic mass is 32.2. The molecule has 138 valence electrons. The molecule has 0 N–H and O–H groups in total. The molecule has 0 aliphatic carbocycles. The molecule has 5 nitrogen and oxygen atoms in total. The van der Waals surface area contributed by atoms with Crippen LogP contribution < -0.4 is 0 Å². The first kappa shape index (κ1) is 18.8. The lowest BCUT2D eigenvalue weighted by Gasteiger charge is -2.20. The van der Waals surface area contributed by atoms with E-state index in [1.807, 2.05) is 68.6 Å². The molecule has 0 amide bonds. The zero-order valence-corrected chi connectivity index (χ0v) is 16.8. The Hall–Kier alpha value is -1.96. The van der Waals surface area contributed by atoms with E-state index in [2.05, 4.69) is 5.10 Å². The Balaban J connectivity index is 2.05. The average Bonchev–Trinajstić information content (AvgIpc) is 3.29. The van der Waals surface area contributed by atoms with Gasteiger partial charge in [0.2, 0.25) is 10.0 Å². The lowest BCUT2D eigenvalue weighted by atomic mass is 10.2. The van der Waals surface area contributed by atoms with Crippen LogP contribution in [0.4, 0.5) is 0 Å². The molecule has 7 heteroatoms. The smallest absolute Gasteiger partial charge is 0.247 e. The van der Waals surface area contributed by atoms with Gasteiger partial charge in [0.25, 0.3) is 0 Å². The van der Waals surface area contributed by atoms with E-state index in [1.54, 1.807) is 10.9 Å². The zero-order valence-electron chi connectivity index (χ0n) is 15.2. The zero-order chi connectivity index (χ0) is 18.7. The number of hydrogen-bond acceptors (Lipinski definition) is 4. The molecule has 0 spiro atoms. The second kappa shape index (κ2) is 7.73. The fourth-order valence-electron chi connectivity index (χ4n) is 2.71. The van der Waals surface area contributed by atoms with Gasteiger partial charge < -0.3 is 0 Å². The minimum absolute atomic E-state index is 0.0851. The number of thiophene rings is 1. The van der Waals surface area contributed by atoms with E-state index in [-0.39, 0.29) is 10.9 Å². The normalized spacial score (nSPS) is 12.2. The van der Waals surface area contributed by atoms with Crippen LogP contribution in [0.5, 0.6) is 0 Å². The maximum Gasteiger partial charge on any atom is 0.247 e. The number of aromatic nitrogens is 2. The third-order valence-corrected chi connectivity index (χ3v) is 6.95. The molecule has 3 aromatic rings. The van der Waals surface area contributed by atoms with Gasteiger partial charge in [0.15, 0.2) is 0 Å². The van der Waals surface area contributed by atoms with Gasteiger partial charge >= 0.3 is 0 Å². The summed E-state index contributed by atoms with van der Waals surface area (Å²) in [6.45, 7) is 6.58. The number of sulfonamides is 1. The summed E-state index contributed by atoms with van der Waals surface area (Å²) in [5, 5.41) is 6.50. The Labute approximate surface area is 159 Å². The van der Waals surface area contributed by atoms with Crippen molar-refractivity contribution in [1.82, 2.24) is 14.1 Å². The van der Waals surface area contributed by atoms with Gasteiger partial charge in [-0.1, -0.05) is 43.3 Å². The molecular weight excluding hydrogens is 366 g/mol. The van der Waals surface area contributed by atoms with Gasteiger partial charge in [-0.3, -0.25) is 4.68 Å². The number of benzene rings is 1. The van der Waals surface area contributed by atoms with Crippen LogP contribution in [0.2, 0.25) is 0 Å². The monoisotopic (exact) mass is 389 g/mol. The Morgan fingerprint density at radius 3 is 2.46 bits per heavy atom. The number of hydrogen-bond donors (Lipinski definition) is 0. The van der Waals surface area contributed by atoms with E-state index >= 15 is 0 Å². The molecule has 3 rings (SSSR count). The van der Waals surface area contributed by atoms with Crippen LogP contribution in [0.3, 0.4) is 0 Å². The van der Waals surface area contributed by atoms with Crippen molar-refractivity contribution in [2.45, 2.75) is 38.3 Å². The van der Waals surface area contributed by atoms with Crippen LogP contribution in [0.25, 0.3) is 10.6 Å². The number of nitrogens with zero attached hydrogens (tertiary/aromatic N) is 3. The summed E-state index contributed by atoms with van der Waals surface area (Å²) in [5.41, 5.74) is 1.49. The molecule has 0 fully saturated rings. The molecular formula is C19H23N3O2S2. The maximum atomic E-state index is 13.4. The van der Waals surface area contributed by atoms with Gasteiger partial charge in [-0.05, 0) is 30.9 Å². The predicted molar refractivity (Wildman–Crippen MR) is 106 cm³/mol. The third kappa shape index (κ3) is 3.75. The maximum absolute atomic E-state index is 13.4. The van der Waals surface area contributed by atoms with Crippen molar-refractivity contribution in [3.8, 4) is 10.6 Å². The fourth-order valence-corrected chi connectivity index (χ4v) is 5.07. The molecule has 2 aromatic heterocycles. The molecule has 1 aromatic carbocycles. The van der Waals surface area contributed by atoms with Gasteiger partial charge in [-0.15, -0.1) is 11.3 Å². The molecule has 0 aliphatic heterocycles. The molecule has 26 heavy (non-hydrogen) atoms. The highest BCUT2D eigenvalue weighted by Crippen LogP contribution is 2.32. The van der Waals surface area contributed by atoms with Crippen molar-refractivity contribution < 1.29 is 8.42 Å². The second-order valence-corrected chi connectivity index (χ2v) is 9.16. The summed E-state index contributed by atoms with van der Waals surface area (Å²) >= 11 is 1.50. The summed E-state index contributed by atoms with van der Waals surface area (Å²) in [7, 11) is -3.66. The Bertz CT molecular complexity index is 946. The molecule has 0 radical (unpaired) electrons. The van der Waals surface area contributed by atoms with Gasteiger partial charge in [0, 0.05) is 25.3 Å². The van der Waals surface area contributed by atoms with Crippen molar-refractivity contribution in [2.75, 3.05) is 6.54 Å². The second-order valence-electron chi connectivity index (χ2n) is 6.31. The standard InChI is InChI=1S/C19H23N3O2S2/c1-4-21(13-16-9-6-5-7-10-16)26(23,24)18-14-22(15(2)3)20-19(18)17-11-8-12-25-17/h5-12,14-15H,4,13H2,1-3H3. The van der Waals surface area contributed by atoms with E-state index in [0.717, 1.165) is 10.4 Å². The minimum atomic E-state index is -3.66. The first-order valence-electron chi connectivity index (χ1n) is 8.60. The lowest BCUT2D eigenvalue weighted by Crippen LogP contribution is -2.30. The average molecular weight is 390 g/mol. The van der Waals surface area contributed by atoms with E-state index in [0.29, 0.717) is 18.8 Å². The summed E-state index contributed by atoms with van der Waals surface area (Å²) in [4.78, 5) is 1.13. The van der Waals surface area contributed by atoms with Crippen LogP contribution in [0.15, 0.2) is 58.9 Å². The van der Waals surface area contributed by atoms with Crippen molar-refractivity contribution >= 4 is 21.4 Å². The molecule has 2 heterocycles. The quantitative estimate of drug-likeness (QED) is 0.602. The van der Waals surface area contributed by atoms with Crippen LogP contribution in [-0.4, -0.2) is 29.0 Å². The lowest BCUT2D eigenvalue weighted by molar-refractivity contribution is 0.423. The Morgan fingerprint density at radius 2 is 1.88 bits per heavy atom. The highest BCUT2D eigenvalue weighted by Gasteiger charge is 2.30. The van der Waals surface area contributed by atoms with Crippen LogP contribution in [0, 0.1) is 0 Å². The highest BCUT2D eigenvalue weighted by molar-refractivity contribution is 7.89. The van der Waals surface area contributed by atoms with E-state index in [9.17, 15) is 8.42 Å². The summed E-state index contributed by atoms with van der Waals surface area (Å²) in [6, 6.07) is 13.5. The van der Waals surface area contributed by atoms with Crippen LogP contribution in [0.1, 0.15) is 32.4 Å². The van der Waals surface area contributed by atoms with E-state index in [4.69, 9.17) is 0 Å². The third-order valence-electron chi connectivity index (χ3n) is 4.15. The summed E-state index contributed by atoms with van der Waals surface area (Å²) < 4.78 is 30.0. The topological polar surface area (TPSA) is 55.2 Å². The van der Waals surface area contributed by atoms with Gasteiger partial charge in [0.05, 0.1) is 4.88 Å². The first-order valence-corrected chi connectivity index (χ1v) is 10.9. The molecule has 0 saturated carbocycles. The first-order chi connectivity index (χ1) is 12.4. The summed E-state index contributed by atoms with van der Waals surface area (Å²) in [5.74, 6) is 0. The summed E-state index contributed by atoms with van der Waals surface area (Å²) in [6.07, 6.45) is 1.66.